The molecule has 2 rings (SSSR count). The molecule has 0 fully saturated rings. The first-order valence-corrected chi connectivity index (χ1v) is 6.39. The van der Waals surface area contributed by atoms with E-state index < -0.39 is 0 Å². The first-order chi connectivity index (χ1) is 7.33. The topological polar surface area (TPSA) is 20.3 Å². The van der Waals surface area contributed by atoms with Gasteiger partial charge in [-0.3, -0.25) is 4.79 Å². The number of hydrogen-bond acceptors (Lipinski definition) is 1. The Morgan fingerprint density at radius 1 is 1.33 bits per heavy atom. The van der Waals surface area contributed by atoms with E-state index in [9.17, 15) is 4.79 Å². The van der Waals surface area contributed by atoms with Gasteiger partial charge < -0.3 is 4.90 Å². The van der Waals surface area contributed by atoms with Gasteiger partial charge in [-0.25, -0.2) is 0 Å². The van der Waals surface area contributed by atoms with Crippen molar-refractivity contribution in [2.24, 2.45) is 0 Å². The third-order valence-corrected chi connectivity index (χ3v) is 3.26. The number of rotatable bonds is 1. The number of alkyl halides is 1. The summed E-state index contributed by atoms with van der Waals surface area (Å²) in [6.45, 7) is 0.849. The van der Waals surface area contributed by atoms with Gasteiger partial charge in [0.1, 0.15) is 0 Å². The number of nitrogens with zero attached hydrogens (tertiary/aromatic N) is 1. The van der Waals surface area contributed by atoms with Crippen LogP contribution in [-0.4, -0.2) is 17.8 Å². The lowest BCUT2D eigenvalue weighted by Crippen LogP contribution is -2.32. The van der Waals surface area contributed by atoms with Crippen molar-refractivity contribution in [1.82, 2.24) is 0 Å². The fourth-order valence-electron chi connectivity index (χ4n) is 2.02. The molecule has 0 bridgehead atoms. The fraction of sp³-hybridized carbons (Fsp3) is 0.417. The lowest BCUT2D eigenvalue weighted by atomic mass is 10.1. The van der Waals surface area contributed by atoms with E-state index in [1.807, 2.05) is 23.1 Å². The summed E-state index contributed by atoms with van der Waals surface area (Å²) in [6, 6.07) is 8.20. The Balaban J connectivity index is 2.37. The summed E-state index contributed by atoms with van der Waals surface area (Å²) in [7, 11) is 0. The quantitative estimate of drug-likeness (QED) is 0.717. The SMILES string of the molecule is O=C(CBr)N1CCCCc2ccccc21. The van der Waals surface area contributed by atoms with Gasteiger partial charge in [-0.15, -0.1) is 0 Å². The first-order valence-electron chi connectivity index (χ1n) is 5.27. The van der Waals surface area contributed by atoms with Crippen molar-refractivity contribution >= 4 is 27.5 Å². The molecule has 80 valence electrons. The van der Waals surface area contributed by atoms with E-state index >= 15 is 0 Å². The molecule has 15 heavy (non-hydrogen) atoms. The first kappa shape index (κ1) is 10.7. The minimum Gasteiger partial charge on any atom is -0.311 e. The lowest BCUT2D eigenvalue weighted by molar-refractivity contribution is -0.116. The summed E-state index contributed by atoms with van der Waals surface area (Å²) >= 11 is 3.24. The van der Waals surface area contributed by atoms with Gasteiger partial charge in [-0.1, -0.05) is 34.1 Å². The van der Waals surface area contributed by atoms with E-state index in [2.05, 4.69) is 22.0 Å². The number of halogens is 1. The van der Waals surface area contributed by atoms with Crippen molar-refractivity contribution in [1.29, 1.82) is 0 Å². The molecule has 0 unspecified atom stereocenters. The van der Waals surface area contributed by atoms with Gasteiger partial charge in [-0.05, 0) is 30.9 Å². The largest absolute Gasteiger partial charge is 0.311 e. The molecule has 1 aromatic rings. The molecule has 0 aromatic heterocycles. The summed E-state index contributed by atoms with van der Waals surface area (Å²) in [5.41, 5.74) is 2.39. The maximum absolute atomic E-state index is 11.8. The predicted octanol–water partition coefficient (Wildman–Crippen LogP) is 2.75. The number of aryl methyl sites for hydroxylation is 1. The van der Waals surface area contributed by atoms with Crippen molar-refractivity contribution in [3.05, 3.63) is 29.8 Å². The molecule has 0 radical (unpaired) electrons. The Bertz CT molecular complexity index is 364. The number of hydrogen-bond donors (Lipinski definition) is 0. The van der Waals surface area contributed by atoms with Gasteiger partial charge in [0.2, 0.25) is 5.91 Å². The molecule has 0 atom stereocenters. The summed E-state index contributed by atoms with van der Waals surface area (Å²) in [6.07, 6.45) is 3.35. The van der Waals surface area contributed by atoms with Crippen LogP contribution in [-0.2, 0) is 11.2 Å². The van der Waals surface area contributed by atoms with Crippen molar-refractivity contribution in [3.63, 3.8) is 0 Å². The Hall–Kier alpha value is -0.830. The molecule has 1 heterocycles. The number of amides is 1. The molecular weight excluding hydrogens is 254 g/mol. The number of fused-ring (bicyclic) bond motifs is 1. The summed E-state index contributed by atoms with van der Waals surface area (Å²) in [4.78, 5) is 13.7. The molecule has 0 saturated heterocycles. The zero-order valence-corrected chi connectivity index (χ0v) is 10.2. The summed E-state index contributed by atoms with van der Waals surface area (Å²) in [5, 5.41) is 0.404. The highest BCUT2D eigenvalue weighted by molar-refractivity contribution is 9.09. The van der Waals surface area contributed by atoms with Crippen molar-refractivity contribution in [2.45, 2.75) is 19.3 Å². The average Bonchev–Trinajstić information content (AvgIpc) is 2.50. The Morgan fingerprint density at radius 3 is 2.93 bits per heavy atom. The van der Waals surface area contributed by atoms with E-state index in [0.29, 0.717) is 5.33 Å². The molecule has 0 saturated carbocycles. The highest BCUT2D eigenvalue weighted by Gasteiger charge is 2.19. The smallest absolute Gasteiger partial charge is 0.237 e. The van der Waals surface area contributed by atoms with Crippen LogP contribution in [0.4, 0.5) is 5.69 Å². The molecule has 1 aliphatic heterocycles. The second-order valence-corrected chi connectivity index (χ2v) is 4.33. The molecule has 1 amide bonds. The van der Waals surface area contributed by atoms with Crippen LogP contribution in [0.2, 0.25) is 0 Å². The molecular formula is C12H14BrNO. The van der Waals surface area contributed by atoms with Crippen LogP contribution >= 0.6 is 15.9 Å². The van der Waals surface area contributed by atoms with Gasteiger partial charge in [0.15, 0.2) is 0 Å². The van der Waals surface area contributed by atoms with E-state index in [4.69, 9.17) is 0 Å². The van der Waals surface area contributed by atoms with Crippen LogP contribution in [0.25, 0.3) is 0 Å². The normalized spacial score (nSPS) is 15.7. The highest BCUT2D eigenvalue weighted by Crippen LogP contribution is 2.26. The maximum Gasteiger partial charge on any atom is 0.237 e. The molecule has 0 aliphatic carbocycles. The highest BCUT2D eigenvalue weighted by atomic mass is 79.9. The van der Waals surface area contributed by atoms with Crippen LogP contribution in [0.1, 0.15) is 18.4 Å². The van der Waals surface area contributed by atoms with Crippen LogP contribution in [0.5, 0.6) is 0 Å². The van der Waals surface area contributed by atoms with Gasteiger partial charge in [0.25, 0.3) is 0 Å². The third-order valence-electron chi connectivity index (χ3n) is 2.78. The van der Waals surface area contributed by atoms with Gasteiger partial charge in [0, 0.05) is 12.2 Å². The van der Waals surface area contributed by atoms with E-state index in [1.54, 1.807) is 0 Å². The molecule has 1 aliphatic rings. The van der Waals surface area contributed by atoms with Gasteiger partial charge >= 0.3 is 0 Å². The second-order valence-electron chi connectivity index (χ2n) is 3.76. The minimum atomic E-state index is 0.157. The molecule has 3 heteroatoms. The number of anilines is 1. The van der Waals surface area contributed by atoms with Crippen molar-refractivity contribution in [3.8, 4) is 0 Å². The van der Waals surface area contributed by atoms with Crippen LogP contribution in [0, 0.1) is 0 Å². The van der Waals surface area contributed by atoms with E-state index in [0.717, 1.165) is 25.1 Å². The lowest BCUT2D eigenvalue weighted by Gasteiger charge is -2.21. The number of carbonyl (C=O) groups is 1. The van der Waals surface area contributed by atoms with Crippen LogP contribution < -0.4 is 4.90 Å². The van der Waals surface area contributed by atoms with Crippen molar-refractivity contribution in [2.75, 3.05) is 16.8 Å². The predicted molar refractivity (Wildman–Crippen MR) is 65.5 cm³/mol. The zero-order valence-electron chi connectivity index (χ0n) is 8.58. The van der Waals surface area contributed by atoms with E-state index in [-0.39, 0.29) is 5.91 Å². The Labute approximate surface area is 98.4 Å². The minimum absolute atomic E-state index is 0.157. The second kappa shape index (κ2) is 4.79. The standard InChI is InChI=1S/C12H14BrNO/c13-9-12(15)14-8-4-3-6-10-5-1-2-7-11(10)14/h1-2,5,7H,3-4,6,8-9H2. The van der Waals surface area contributed by atoms with Gasteiger partial charge in [-0.2, -0.15) is 0 Å². The number of benzene rings is 1. The zero-order chi connectivity index (χ0) is 10.7. The fourth-order valence-corrected chi connectivity index (χ4v) is 2.33. The summed E-state index contributed by atoms with van der Waals surface area (Å²) in [5.74, 6) is 0.157. The molecule has 0 spiro atoms. The number of para-hydroxylation sites is 1. The Morgan fingerprint density at radius 2 is 2.13 bits per heavy atom. The average molecular weight is 268 g/mol. The monoisotopic (exact) mass is 267 g/mol. The van der Waals surface area contributed by atoms with Gasteiger partial charge in [0.05, 0.1) is 5.33 Å². The van der Waals surface area contributed by atoms with Crippen LogP contribution in [0.15, 0.2) is 24.3 Å². The third kappa shape index (κ3) is 2.23. The van der Waals surface area contributed by atoms with Crippen molar-refractivity contribution < 1.29 is 4.79 Å². The Kier molecular flexibility index (Phi) is 3.41. The summed E-state index contributed by atoms with van der Waals surface area (Å²) < 4.78 is 0. The van der Waals surface area contributed by atoms with E-state index in [1.165, 1.54) is 12.0 Å². The molecule has 1 aromatic carbocycles. The molecule has 2 nitrogen and oxygen atoms in total. The molecule has 0 N–H and O–H groups in total. The number of carbonyl (C=O) groups excluding carboxylic acids is 1. The maximum atomic E-state index is 11.8. The van der Waals surface area contributed by atoms with Crippen LogP contribution in [0.3, 0.4) is 0 Å².